The number of methoxy groups -OCH3 is 2. The Labute approximate surface area is 198 Å². The van der Waals surface area contributed by atoms with Crippen LogP contribution in [0.2, 0.25) is 0 Å². The van der Waals surface area contributed by atoms with E-state index in [9.17, 15) is 14.7 Å². The van der Waals surface area contributed by atoms with Crippen LogP contribution < -0.4 is 20.3 Å². The van der Waals surface area contributed by atoms with Crippen molar-refractivity contribution in [3.8, 4) is 33.5 Å². The Morgan fingerprint density at radius 3 is 2.41 bits per heavy atom. The van der Waals surface area contributed by atoms with Crippen molar-refractivity contribution >= 4 is 23.2 Å². The number of aromatic hydroxyl groups is 1. The predicted octanol–water partition coefficient (Wildman–Crippen LogP) is 3.10. The van der Waals surface area contributed by atoms with Gasteiger partial charge in [0.05, 0.1) is 31.8 Å². The Balaban J connectivity index is 1.47. The van der Waals surface area contributed by atoms with Gasteiger partial charge in [-0.1, -0.05) is 18.2 Å². The van der Waals surface area contributed by atoms with Crippen LogP contribution in [0.15, 0.2) is 54.7 Å². The molecule has 0 unspecified atom stereocenters. The molecule has 4 rings (SSSR count). The minimum absolute atomic E-state index is 0.226. The van der Waals surface area contributed by atoms with Crippen LogP contribution in [0.1, 0.15) is 25.9 Å². The van der Waals surface area contributed by atoms with Crippen LogP contribution in [0.5, 0.6) is 17.2 Å². The lowest BCUT2D eigenvalue weighted by Crippen LogP contribution is -2.41. The summed E-state index contributed by atoms with van der Waals surface area (Å²) < 4.78 is 11.9. The zero-order chi connectivity index (χ0) is 24.2. The third kappa shape index (κ3) is 4.55. The first-order valence-corrected chi connectivity index (χ1v) is 10.9. The Kier molecular flexibility index (Phi) is 6.46. The van der Waals surface area contributed by atoms with Gasteiger partial charge in [-0.2, -0.15) is 5.10 Å². The Bertz CT molecular complexity index is 1350. The molecule has 3 N–H and O–H groups in total. The van der Waals surface area contributed by atoms with Gasteiger partial charge < -0.3 is 14.6 Å². The van der Waals surface area contributed by atoms with Crippen LogP contribution in [0.4, 0.5) is 0 Å². The molecule has 0 aliphatic heterocycles. The molecule has 11 heteroatoms. The number of amides is 2. The molecule has 0 atom stereocenters. The minimum atomic E-state index is -0.761. The number of carbonyl (C=O) groups is 2. The number of hydrazine groups is 1. The van der Waals surface area contributed by atoms with Gasteiger partial charge in [0.2, 0.25) is 0 Å². The maximum Gasteiger partial charge on any atom is 0.294 e. The molecule has 2 aromatic heterocycles. The van der Waals surface area contributed by atoms with E-state index >= 15 is 0 Å². The second kappa shape index (κ2) is 9.63. The van der Waals surface area contributed by atoms with Crippen LogP contribution >= 0.6 is 11.3 Å². The SMILES string of the molecule is COc1ccc(-c2nc(C)c(C(=O)NNC(=O)c3nn(-c4ccccc4)cc3O)s2)cc1OC. The molecule has 0 saturated heterocycles. The lowest BCUT2D eigenvalue weighted by atomic mass is 10.2. The largest absolute Gasteiger partial charge is 0.504 e. The highest BCUT2D eigenvalue weighted by Gasteiger charge is 2.21. The highest BCUT2D eigenvalue weighted by Crippen LogP contribution is 2.35. The summed E-state index contributed by atoms with van der Waals surface area (Å²) in [4.78, 5) is 30.0. The first-order chi connectivity index (χ1) is 16.4. The van der Waals surface area contributed by atoms with Crippen LogP contribution in [-0.2, 0) is 0 Å². The normalized spacial score (nSPS) is 10.6. The topological polar surface area (TPSA) is 128 Å². The fourth-order valence-corrected chi connectivity index (χ4v) is 4.13. The minimum Gasteiger partial charge on any atom is -0.504 e. The van der Waals surface area contributed by atoms with Crippen LogP contribution in [0, 0.1) is 6.92 Å². The second-order valence-corrected chi connectivity index (χ2v) is 8.05. The number of aromatic nitrogens is 3. The van der Waals surface area contributed by atoms with Crippen molar-refractivity contribution in [2.24, 2.45) is 0 Å². The molecule has 0 spiro atoms. The number of nitrogens with one attached hydrogen (secondary N) is 2. The maximum absolute atomic E-state index is 12.7. The number of nitrogens with zero attached hydrogens (tertiary/aromatic N) is 3. The van der Waals surface area contributed by atoms with Crippen LogP contribution in [0.25, 0.3) is 16.3 Å². The average Bonchev–Trinajstić information content (AvgIpc) is 3.45. The zero-order valence-corrected chi connectivity index (χ0v) is 19.3. The summed E-state index contributed by atoms with van der Waals surface area (Å²) in [6.45, 7) is 1.70. The molecule has 0 aliphatic rings. The number of hydrogen-bond acceptors (Lipinski definition) is 8. The monoisotopic (exact) mass is 479 g/mol. The molecule has 2 aromatic carbocycles. The molecule has 2 amide bonds. The zero-order valence-electron chi connectivity index (χ0n) is 18.5. The lowest BCUT2D eigenvalue weighted by Gasteiger charge is -2.08. The Morgan fingerprint density at radius 2 is 1.71 bits per heavy atom. The van der Waals surface area contributed by atoms with E-state index in [2.05, 4.69) is 20.9 Å². The van der Waals surface area contributed by atoms with Gasteiger partial charge in [0.15, 0.2) is 22.9 Å². The molecular weight excluding hydrogens is 458 g/mol. The maximum atomic E-state index is 12.7. The number of benzene rings is 2. The summed E-state index contributed by atoms with van der Waals surface area (Å²) in [6.07, 6.45) is 1.31. The van der Waals surface area contributed by atoms with E-state index in [1.54, 1.807) is 38.3 Å². The highest BCUT2D eigenvalue weighted by atomic mass is 32.1. The Morgan fingerprint density at radius 1 is 1.00 bits per heavy atom. The fourth-order valence-electron chi connectivity index (χ4n) is 3.17. The van der Waals surface area contributed by atoms with Gasteiger partial charge in [-0.05, 0) is 37.3 Å². The molecule has 0 saturated carbocycles. The van der Waals surface area contributed by atoms with Gasteiger partial charge in [0.25, 0.3) is 11.8 Å². The Hall–Kier alpha value is -4.38. The summed E-state index contributed by atoms with van der Waals surface area (Å²) in [6, 6.07) is 14.3. The summed E-state index contributed by atoms with van der Waals surface area (Å²) in [5.74, 6) is -0.501. The summed E-state index contributed by atoms with van der Waals surface area (Å²) in [5.41, 5.74) is 6.32. The summed E-state index contributed by atoms with van der Waals surface area (Å²) in [5, 5.41) is 14.8. The molecule has 10 nitrogen and oxygen atoms in total. The van der Waals surface area contributed by atoms with Crippen molar-refractivity contribution in [1.82, 2.24) is 25.6 Å². The quantitative estimate of drug-likeness (QED) is 0.363. The lowest BCUT2D eigenvalue weighted by molar-refractivity contribution is 0.0843. The van der Waals surface area contributed by atoms with Gasteiger partial charge in [-0.15, -0.1) is 11.3 Å². The molecule has 174 valence electrons. The van der Waals surface area contributed by atoms with Crippen LogP contribution in [0.3, 0.4) is 0 Å². The van der Waals surface area contributed by atoms with Gasteiger partial charge in [0, 0.05) is 5.56 Å². The molecule has 2 heterocycles. The van der Waals surface area contributed by atoms with Crippen LogP contribution in [-0.4, -0.2) is 45.9 Å². The number of hydrogen-bond donors (Lipinski definition) is 3. The number of rotatable bonds is 6. The highest BCUT2D eigenvalue weighted by molar-refractivity contribution is 7.17. The smallest absolute Gasteiger partial charge is 0.294 e. The van der Waals surface area contributed by atoms with Crippen molar-refractivity contribution in [2.45, 2.75) is 6.92 Å². The van der Waals surface area contributed by atoms with E-state index in [0.717, 1.165) is 5.56 Å². The number of ether oxygens (including phenoxy) is 2. The van der Waals surface area contributed by atoms with Gasteiger partial charge >= 0.3 is 0 Å². The van der Waals surface area contributed by atoms with E-state index in [1.807, 2.05) is 24.3 Å². The number of para-hydroxylation sites is 1. The van der Waals surface area contributed by atoms with E-state index in [-0.39, 0.29) is 11.4 Å². The molecule has 0 fully saturated rings. The van der Waals surface area contributed by atoms with Crippen molar-refractivity contribution in [1.29, 1.82) is 0 Å². The van der Waals surface area contributed by atoms with Gasteiger partial charge in [-0.25, -0.2) is 9.67 Å². The number of aryl methyl sites for hydroxylation is 1. The third-order valence-electron chi connectivity index (χ3n) is 4.85. The fraction of sp³-hybridized carbons (Fsp3) is 0.130. The third-order valence-corrected chi connectivity index (χ3v) is 6.06. The van der Waals surface area contributed by atoms with Crippen molar-refractivity contribution < 1.29 is 24.2 Å². The average molecular weight is 480 g/mol. The number of carbonyl (C=O) groups excluding carboxylic acids is 2. The van der Waals surface area contributed by atoms with Gasteiger partial charge in [-0.3, -0.25) is 20.4 Å². The van der Waals surface area contributed by atoms with Crippen molar-refractivity contribution in [2.75, 3.05) is 14.2 Å². The molecule has 0 bridgehead atoms. The molecular formula is C23H21N5O5S. The second-order valence-electron chi connectivity index (χ2n) is 7.05. The summed E-state index contributed by atoms with van der Waals surface area (Å²) >= 11 is 1.17. The van der Waals surface area contributed by atoms with Crippen molar-refractivity contribution in [3.05, 3.63) is 71.0 Å². The van der Waals surface area contributed by atoms with E-state index < -0.39 is 11.8 Å². The molecule has 0 radical (unpaired) electrons. The molecule has 34 heavy (non-hydrogen) atoms. The summed E-state index contributed by atoms with van der Waals surface area (Å²) in [7, 11) is 3.09. The number of thiazole rings is 1. The predicted molar refractivity (Wildman–Crippen MR) is 126 cm³/mol. The van der Waals surface area contributed by atoms with Crippen molar-refractivity contribution in [3.63, 3.8) is 0 Å². The van der Waals surface area contributed by atoms with E-state index in [4.69, 9.17) is 9.47 Å². The standard InChI is InChI=1S/C23H21N5O5S/c1-13-20(34-23(24-13)14-9-10-17(32-2)18(11-14)33-3)22(31)26-25-21(30)19-16(29)12-28(27-19)15-7-5-4-6-8-15/h4-12,29H,1-3H3,(H,25,30)(H,26,31). The molecule has 4 aromatic rings. The van der Waals surface area contributed by atoms with E-state index in [0.29, 0.717) is 32.8 Å². The van der Waals surface area contributed by atoms with Gasteiger partial charge in [0.1, 0.15) is 9.88 Å². The first-order valence-electron chi connectivity index (χ1n) is 10.1. The van der Waals surface area contributed by atoms with E-state index in [1.165, 1.54) is 29.3 Å². The molecule has 0 aliphatic carbocycles. The first kappa shape index (κ1) is 22.8.